The molecule has 2 N–H and O–H groups in total. The fourth-order valence-corrected chi connectivity index (χ4v) is 5.23. The summed E-state index contributed by atoms with van der Waals surface area (Å²) in [4.78, 5) is 38.5. The van der Waals surface area contributed by atoms with Crippen LogP contribution in [0.1, 0.15) is 34.0 Å². The van der Waals surface area contributed by atoms with Gasteiger partial charge in [-0.25, -0.2) is 0 Å². The number of carbonyl (C=O) groups excluding carboxylic acids is 3. The van der Waals surface area contributed by atoms with Gasteiger partial charge < -0.3 is 14.8 Å². The molecule has 11 heteroatoms. The van der Waals surface area contributed by atoms with E-state index >= 15 is 0 Å². The summed E-state index contributed by atoms with van der Waals surface area (Å²) in [6, 6.07) is 17.6. The maximum Gasteiger partial charge on any atom is 0.285 e. The van der Waals surface area contributed by atoms with Gasteiger partial charge in [-0.1, -0.05) is 53.7 Å². The Morgan fingerprint density at radius 3 is 2.55 bits per heavy atom. The van der Waals surface area contributed by atoms with E-state index in [2.05, 4.69) is 10.7 Å². The van der Waals surface area contributed by atoms with Crippen molar-refractivity contribution < 1.29 is 23.9 Å². The summed E-state index contributed by atoms with van der Waals surface area (Å²) in [5.74, 6) is -0.531. The number of hydrogen-bond acceptors (Lipinski definition) is 7. The van der Waals surface area contributed by atoms with Crippen LogP contribution in [-0.4, -0.2) is 40.3 Å². The molecule has 0 radical (unpaired) electrons. The van der Waals surface area contributed by atoms with Crippen LogP contribution >= 0.6 is 35.6 Å². The first kappa shape index (κ1) is 29.1. The number of carbonyl (C=O) groups is 3. The number of nitrogens with one attached hydrogen (secondary N) is 2. The van der Waals surface area contributed by atoms with Crippen LogP contribution in [-0.2, 0) is 9.59 Å². The lowest BCUT2D eigenvalue weighted by Gasteiger charge is -2.16. The van der Waals surface area contributed by atoms with Crippen molar-refractivity contribution >= 4 is 69.4 Å². The lowest BCUT2D eigenvalue weighted by Crippen LogP contribution is -2.44. The zero-order valence-corrected chi connectivity index (χ0v) is 24.3. The van der Waals surface area contributed by atoms with Crippen LogP contribution in [0.15, 0.2) is 65.6 Å². The van der Waals surface area contributed by atoms with Crippen LogP contribution in [0.5, 0.6) is 11.5 Å². The van der Waals surface area contributed by atoms with Gasteiger partial charge in [0.1, 0.15) is 0 Å². The highest BCUT2D eigenvalue weighted by Crippen LogP contribution is 2.34. The molecule has 1 aliphatic heterocycles. The predicted molar refractivity (Wildman–Crippen MR) is 162 cm³/mol. The standard InChI is InChI=1S/C29H26ClN3O5S2/c1-4-37-24-14-19(10-12-23(24)38-16-26(34)31-22-8-6-5-7-18(22)3)15-25-28(36)33(29(39)40-25)32-27(35)20-11-9-17(2)13-21(20)30/h5-15H,4,16H2,1-3H3,(H,31,34)(H,32,35)/b25-15-. The largest absolute Gasteiger partial charge is 0.490 e. The van der Waals surface area contributed by atoms with Crippen molar-refractivity contribution in [2.75, 3.05) is 18.5 Å². The van der Waals surface area contributed by atoms with E-state index in [0.29, 0.717) is 34.3 Å². The van der Waals surface area contributed by atoms with E-state index in [4.69, 9.17) is 33.3 Å². The molecule has 1 saturated heterocycles. The van der Waals surface area contributed by atoms with Crippen molar-refractivity contribution in [2.45, 2.75) is 20.8 Å². The van der Waals surface area contributed by atoms with Crippen LogP contribution in [0.3, 0.4) is 0 Å². The minimum Gasteiger partial charge on any atom is -0.490 e. The minimum absolute atomic E-state index is 0.178. The highest BCUT2D eigenvalue weighted by molar-refractivity contribution is 8.26. The van der Waals surface area contributed by atoms with Crippen molar-refractivity contribution in [2.24, 2.45) is 0 Å². The van der Waals surface area contributed by atoms with E-state index in [0.717, 1.165) is 27.9 Å². The summed E-state index contributed by atoms with van der Waals surface area (Å²) < 4.78 is 11.6. The van der Waals surface area contributed by atoms with E-state index in [1.54, 1.807) is 42.5 Å². The average Bonchev–Trinajstić information content (AvgIpc) is 3.17. The number of amides is 3. The van der Waals surface area contributed by atoms with Crippen molar-refractivity contribution in [3.8, 4) is 11.5 Å². The number of thiocarbonyl (C=S) groups is 1. The fraction of sp³-hybridized carbons (Fsp3) is 0.172. The molecule has 0 saturated carbocycles. The number of anilines is 1. The van der Waals surface area contributed by atoms with Crippen LogP contribution in [0.2, 0.25) is 5.02 Å². The molecular weight excluding hydrogens is 570 g/mol. The highest BCUT2D eigenvalue weighted by Gasteiger charge is 2.34. The molecule has 1 heterocycles. The predicted octanol–water partition coefficient (Wildman–Crippen LogP) is 5.92. The Balaban J connectivity index is 1.45. The Hall–Kier alpha value is -3.86. The van der Waals surface area contributed by atoms with E-state index in [-0.39, 0.29) is 27.4 Å². The summed E-state index contributed by atoms with van der Waals surface area (Å²) in [6.07, 6.45) is 1.64. The number of halogens is 1. The maximum atomic E-state index is 13.1. The summed E-state index contributed by atoms with van der Waals surface area (Å²) >= 11 is 12.6. The topological polar surface area (TPSA) is 97.0 Å². The second-order valence-corrected chi connectivity index (χ2v) is 10.8. The Morgan fingerprint density at radius 2 is 1.82 bits per heavy atom. The Labute approximate surface area is 246 Å². The van der Waals surface area contributed by atoms with Crippen molar-refractivity contribution in [3.63, 3.8) is 0 Å². The lowest BCUT2D eigenvalue weighted by molar-refractivity contribution is -0.123. The number of ether oxygens (including phenoxy) is 2. The number of aryl methyl sites for hydroxylation is 2. The minimum atomic E-state index is -0.547. The molecule has 8 nitrogen and oxygen atoms in total. The summed E-state index contributed by atoms with van der Waals surface area (Å²) in [6.45, 7) is 5.75. The first-order valence-electron chi connectivity index (χ1n) is 12.3. The van der Waals surface area contributed by atoms with Gasteiger partial charge in [-0.15, -0.1) is 0 Å². The number of nitrogens with zero attached hydrogens (tertiary/aromatic N) is 1. The first-order chi connectivity index (χ1) is 19.2. The lowest BCUT2D eigenvalue weighted by atomic mass is 10.1. The molecule has 3 aromatic rings. The second kappa shape index (κ2) is 13.0. The molecule has 3 aromatic carbocycles. The molecule has 0 spiro atoms. The van der Waals surface area contributed by atoms with Crippen LogP contribution < -0.4 is 20.2 Å². The van der Waals surface area contributed by atoms with Gasteiger partial charge >= 0.3 is 0 Å². The number of benzene rings is 3. The third kappa shape index (κ3) is 7.01. The van der Waals surface area contributed by atoms with E-state index in [1.165, 1.54) is 0 Å². The Morgan fingerprint density at radius 1 is 1.05 bits per heavy atom. The molecular formula is C29H26ClN3O5S2. The van der Waals surface area contributed by atoms with Gasteiger partial charge in [0.15, 0.2) is 22.4 Å². The van der Waals surface area contributed by atoms with Crippen LogP contribution in [0.4, 0.5) is 5.69 Å². The number of thioether (sulfide) groups is 1. The zero-order valence-electron chi connectivity index (χ0n) is 21.9. The number of para-hydroxylation sites is 1. The Kier molecular flexibility index (Phi) is 9.46. The molecule has 0 aromatic heterocycles. The van der Waals surface area contributed by atoms with E-state index < -0.39 is 11.8 Å². The average molecular weight is 596 g/mol. The third-order valence-corrected chi connectivity index (χ3v) is 7.33. The highest BCUT2D eigenvalue weighted by atomic mass is 35.5. The van der Waals surface area contributed by atoms with Gasteiger partial charge in [-0.2, -0.15) is 5.01 Å². The summed E-state index contributed by atoms with van der Waals surface area (Å²) in [5.41, 5.74) is 5.98. The van der Waals surface area contributed by atoms with E-state index in [1.807, 2.05) is 45.0 Å². The molecule has 1 aliphatic rings. The van der Waals surface area contributed by atoms with Gasteiger partial charge in [-0.3, -0.25) is 19.8 Å². The van der Waals surface area contributed by atoms with Crippen LogP contribution in [0, 0.1) is 13.8 Å². The SMILES string of the molecule is CCOc1cc(/C=C2\SC(=S)N(NC(=O)c3ccc(C)cc3Cl)C2=O)ccc1OCC(=O)Nc1ccccc1C. The maximum absolute atomic E-state index is 13.1. The molecule has 3 amide bonds. The van der Waals surface area contributed by atoms with Gasteiger partial charge in [0, 0.05) is 5.69 Å². The van der Waals surface area contributed by atoms with Gasteiger partial charge in [0.05, 0.1) is 22.1 Å². The Bertz CT molecular complexity index is 1530. The molecule has 1 fully saturated rings. The summed E-state index contributed by atoms with van der Waals surface area (Å²) in [5, 5.41) is 4.13. The second-order valence-electron chi connectivity index (χ2n) is 8.73. The first-order valence-corrected chi connectivity index (χ1v) is 13.9. The monoisotopic (exact) mass is 595 g/mol. The van der Waals surface area contributed by atoms with Gasteiger partial charge in [-0.05, 0) is 86.1 Å². The smallest absolute Gasteiger partial charge is 0.285 e. The third-order valence-electron chi connectivity index (χ3n) is 5.72. The fourth-order valence-electron chi connectivity index (χ4n) is 3.73. The zero-order chi connectivity index (χ0) is 28.8. The normalized spacial score (nSPS) is 13.9. The number of hydrogen-bond donors (Lipinski definition) is 2. The molecule has 0 aliphatic carbocycles. The van der Waals surface area contributed by atoms with Gasteiger partial charge in [0.2, 0.25) is 0 Å². The molecule has 4 rings (SSSR count). The summed E-state index contributed by atoms with van der Waals surface area (Å²) in [7, 11) is 0. The van der Waals surface area contributed by atoms with Crippen molar-refractivity contribution in [1.29, 1.82) is 0 Å². The number of hydrazine groups is 1. The van der Waals surface area contributed by atoms with Gasteiger partial charge in [0.25, 0.3) is 17.7 Å². The van der Waals surface area contributed by atoms with Crippen molar-refractivity contribution in [3.05, 3.63) is 92.8 Å². The van der Waals surface area contributed by atoms with E-state index in [9.17, 15) is 14.4 Å². The molecule has 0 unspecified atom stereocenters. The quantitative estimate of drug-likeness (QED) is 0.234. The number of rotatable bonds is 9. The van der Waals surface area contributed by atoms with Crippen LogP contribution in [0.25, 0.3) is 6.08 Å². The molecule has 206 valence electrons. The molecule has 40 heavy (non-hydrogen) atoms. The molecule has 0 bridgehead atoms. The van der Waals surface area contributed by atoms with Crippen molar-refractivity contribution in [1.82, 2.24) is 10.4 Å². The molecule has 0 atom stereocenters.